The Labute approximate surface area is 168 Å². The highest BCUT2D eigenvalue weighted by atomic mass is 16.3. The molecule has 0 aromatic heterocycles. The van der Waals surface area contributed by atoms with Crippen LogP contribution in [0.5, 0.6) is 0 Å². The number of carbonyl (C=O) groups is 1. The lowest BCUT2D eigenvalue weighted by molar-refractivity contribution is -0.223. The average molecular weight is 389 g/mol. The van der Waals surface area contributed by atoms with Crippen molar-refractivity contribution in [3.05, 3.63) is 0 Å². The van der Waals surface area contributed by atoms with Crippen LogP contribution in [0.15, 0.2) is 0 Å². The average Bonchev–Trinajstić information content (AvgIpc) is 3.54. The van der Waals surface area contributed by atoms with Gasteiger partial charge in [-0.25, -0.2) is 0 Å². The van der Waals surface area contributed by atoms with E-state index in [-0.39, 0.29) is 23.2 Å². The van der Waals surface area contributed by atoms with Crippen LogP contribution in [-0.4, -0.2) is 38.9 Å². The lowest BCUT2D eigenvalue weighted by atomic mass is 9.42. The van der Waals surface area contributed by atoms with E-state index in [0.29, 0.717) is 60.7 Å². The third-order valence-electron chi connectivity index (χ3n) is 11.4. The van der Waals surface area contributed by atoms with Crippen molar-refractivity contribution in [1.82, 2.24) is 0 Å². The van der Waals surface area contributed by atoms with E-state index in [1.807, 2.05) is 0 Å². The highest BCUT2D eigenvalue weighted by Gasteiger charge is 2.81. The number of fused-ring (bicyclic) bond motifs is 10. The minimum absolute atomic E-state index is 0.0413. The minimum atomic E-state index is -0.781. The molecule has 0 spiro atoms. The summed E-state index contributed by atoms with van der Waals surface area (Å²) in [5.74, 6) is 3.84. The van der Waals surface area contributed by atoms with Crippen molar-refractivity contribution in [2.75, 3.05) is 6.61 Å². The van der Waals surface area contributed by atoms with Crippen molar-refractivity contribution in [3.8, 4) is 0 Å². The molecule has 6 aliphatic carbocycles. The number of hydrogen-bond acceptors (Lipinski definition) is 4. The first-order valence-corrected chi connectivity index (χ1v) is 11.8. The van der Waals surface area contributed by atoms with E-state index in [2.05, 4.69) is 13.8 Å². The molecule has 156 valence electrons. The maximum Gasteiger partial charge on any atom is 0.135 e. The van der Waals surface area contributed by atoms with Crippen LogP contribution in [0.3, 0.4) is 0 Å². The molecule has 4 nitrogen and oxygen atoms in total. The predicted octanol–water partition coefficient (Wildman–Crippen LogP) is 2.93. The van der Waals surface area contributed by atoms with E-state index in [1.165, 1.54) is 0 Å². The molecule has 6 rings (SSSR count). The third kappa shape index (κ3) is 1.84. The van der Waals surface area contributed by atoms with Crippen molar-refractivity contribution < 1.29 is 20.1 Å². The Kier molecular flexibility index (Phi) is 3.43. The standard InChI is InChI=1S/C24H36O4/c1-21-7-4-13(26)12-24(21,28)17-10-14(17)19-16(21)5-8-22(2)20(19)15-11-18(15)23(22,27)6-3-9-25/h14-20,25,27-28H,3-12H2,1-2H3/t14-,15+,16-,17+,18-,19+,20-,21+,22-,23-,24+/m0/s1. The molecule has 3 N–H and O–H groups in total. The molecule has 0 radical (unpaired) electrons. The van der Waals surface area contributed by atoms with Gasteiger partial charge < -0.3 is 15.3 Å². The molecule has 28 heavy (non-hydrogen) atoms. The van der Waals surface area contributed by atoms with Gasteiger partial charge in [0, 0.05) is 24.9 Å². The molecule has 0 heterocycles. The van der Waals surface area contributed by atoms with Gasteiger partial charge in [0.25, 0.3) is 0 Å². The summed E-state index contributed by atoms with van der Waals surface area (Å²) in [6.07, 6.45) is 7.64. The van der Waals surface area contributed by atoms with Crippen LogP contribution in [0.1, 0.15) is 71.6 Å². The van der Waals surface area contributed by atoms with Crippen molar-refractivity contribution in [2.24, 2.45) is 52.3 Å². The lowest BCUT2D eigenvalue weighted by Crippen LogP contribution is -2.65. The van der Waals surface area contributed by atoms with E-state index in [1.54, 1.807) is 0 Å². The maximum absolute atomic E-state index is 12.3. The fourth-order valence-corrected chi connectivity index (χ4v) is 9.92. The third-order valence-corrected chi connectivity index (χ3v) is 11.4. The van der Waals surface area contributed by atoms with Crippen LogP contribution in [0.2, 0.25) is 0 Å². The summed E-state index contributed by atoms with van der Waals surface area (Å²) in [5.41, 5.74) is -1.57. The highest BCUT2D eigenvalue weighted by molar-refractivity contribution is 5.81. The normalized spacial score (nSPS) is 63.6. The van der Waals surface area contributed by atoms with Gasteiger partial charge in [0.15, 0.2) is 0 Å². The molecule has 0 aromatic rings. The Morgan fingerprint density at radius 1 is 1.00 bits per heavy atom. The van der Waals surface area contributed by atoms with Crippen LogP contribution in [0, 0.1) is 52.3 Å². The van der Waals surface area contributed by atoms with Gasteiger partial charge in [0.05, 0.1) is 11.2 Å². The zero-order chi connectivity index (χ0) is 19.7. The van der Waals surface area contributed by atoms with Crippen LogP contribution >= 0.6 is 0 Å². The van der Waals surface area contributed by atoms with Crippen molar-refractivity contribution in [3.63, 3.8) is 0 Å². The number of ketones is 1. The Morgan fingerprint density at radius 3 is 2.50 bits per heavy atom. The SMILES string of the molecule is C[C@]12CC[C@H]3[C@@H]([C@H]4C[C@H]4[C@]4(O)CC(=O)CC[C@]34C)[C@@H]1[C@@H]1C[C@@H]1[C@@]2(O)CCCO. The molecule has 0 bridgehead atoms. The first kappa shape index (κ1) is 18.3. The highest BCUT2D eigenvalue weighted by Crippen LogP contribution is 2.81. The molecular formula is C24H36O4. The van der Waals surface area contributed by atoms with E-state index in [9.17, 15) is 20.1 Å². The number of aliphatic hydroxyl groups excluding tert-OH is 1. The predicted molar refractivity (Wildman–Crippen MR) is 104 cm³/mol. The molecule has 0 unspecified atom stereocenters. The first-order chi connectivity index (χ1) is 13.2. The monoisotopic (exact) mass is 388 g/mol. The van der Waals surface area contributed by atoms with E-state index < -0.39 is 11.2 Å². The first-order valence-electron chi connectivity index (χ1n) is 11.8. The fourth-order valence-electron chi connectivity index (χ4n) is 9.92. The molecule has 0 aromatic carbocycles. The zero-order valence-corrected chi connectivity index (χ0v) is 17.4. The molecule has 6 aliphatic rings. The Bertz CT molecular complexity index is 736. The second-order valence-corrected chi connectivity index (χ2v) is 12.0. The topological polar surface area (TPSA) is 77.8 Å². The molecule has 0 saturated heterocycles. The van der Waals surface area contributed by atoms with Gasteiger partial charge in [0.2, 0.25) is 0 Å². The largest absolute Gasteiger partial charge is 0.396 e. The maximum atomic E-state index is 12.3. The molecule has 0 amide bonds. The quantitative estimate of drug-likeness (QED) is 0.695. The van der Waals surface area contributed by atoms with Gasteiger partial charge in [-0.1, -0.05) is 13.8 Å². The smallest absolute Gasteiger partial charge is 0.135 e. The zero-order valence-electron chi connectivity index (χ0n) is 17.4. The van der Waals surface area contributed by atoms with Gasteiger partial charge in [-0.3, -0.25) is 4.79 Å². The molecular weight excluding hydrogens is 352 g/mol. The summed E-state index contributed by atoms with van der Waals surface area (Å²) in [7, 11) is 0. The second-order valence-electron chi connectivity index (χ2n) is 12.0. The lowest BCUT2D eigenvalue weighted by Gasteiger charge is -2.64. The van der Waals surface area contributed by atoms with E-state index >= 15 is 0 Å². The van der Waals surface area contributed by atoms with Crippen LogP contribution < -0.4 is 0 Å². The molecule has 4 heteroatoms. The van der Waals surface area contributed by atoms with Gasteiger partial charge in [-0.05, 0) is 91.8 Å². The minimum Gasteiger partial charge on any atom is -0.396 e. The second kappa shape index (κ2) is 5.23. The van der Waals surface area contributed by atoms with Crippen molar-refractivity contribution in [1.29, 1.82) is 0 Å². The number of aliphatic hydroxyl groups is 3. The molecule has 6 saturated carbocycles. The van der Waals surface area contributed by atoms with Gasteiger partial charge in [-0.2, -0.15) is 0 Å². The van der Waals surface area contributed by atoms with Crippen molar-refractivity contribution in [2.45, 2.75) is 82.8 Å². The van der Waals surface area contributed by atoms with Gasteiger partial charge in [-0.15, -0.1) is 0 Å². The van der Waals surface area contributed by atoms with Gasteiger partial charge >= 0.3 is 0 Å². The van der Waals surface area contributed by atoms with Crippen LogP contribution in [0.25, 0.3) is 0 Å². The van der Waals surface area contributed by atoms with Crippen LogP contribution in [0.4, 0.5) is 0 Å². The summed E-state index contributed by atoms with van der Waals surface area (Å²) in [6, 6.07) is 0. The Morgan fingerprint density at radius 2 is 1.75 bits per heavy atom. The summed E-state index contributed by atoms with van der Waals surface area (Å²) in [5, 5.41) is 33.0. The number of carbonyl (C=O) groups excluding carboxylic acids is 1. The van der Waals surface area contributed by atoms with Crippen LogP contribution in [-0.2, 0) is 4.79 Å². The number of Topliss-reactive ketones (excluding diaryl/α,β-unsaturated/α-hetero) is 1. The van der Waals surface area contributed by atoms with E-state index in [4.69, 9.17) is 0 Å². The number of hydrogen-bond donors (Lipinski definition) is 3. The molecule has 6 fully saturated rings. The summed E-state index contributed by atoms with van der Waals surface area (Å²) >= 11 is 0. The number of rotatable bonds is 3. The fraction of sp³-hybridized carbons (Fsp3) is 0.958. The van der Waals surface area contributed by atoms with Crippen molar-refractivity contribution >= 4 is 5.78 Å². The summed E-state index contributed by atoms with van der Waals surface area (Å²) in [4.78, 5) is 12.3. The Balaban J connectivity index is 1.39. The summed E-state index contributed by atoms with van der Waals surface area (Å²) in [6.45, 7) is 4.81. The summed E-state index contributed by atoms with van der Waals surface area (Å²) < 4.78 is 0. The molecule has 11 atom stereocenters. The van der Waals surface area contributed by atoms with Gasteiger partial charge in [0.1, 0.15) is 5.78 Å². The van der Waals surface area contributed by atoms with E-state index in [0.717, 1.165) is 38.5 Å². The Hall–Kier alpha value is -0.450. The molecule has 0 aliphatic heterocycles.